The first kappa shape index (κ1) is 19.3. The van der Waals surface area contributed by atoms with Crippen LogP contribution in [-0.2, 0) is 19.6 Å². The van der Waals surface area contributed by atoms with Crippen LogP contribution in [0, 0.1) is 0 Å². The van der Waals surface area contributed by atoms with Crippen molar-refractivity contribution in [2.75, 3.05) is 33.4 Å². The molecule has 2 aromatic rings. The van der Waals surface area contributed by atoms with E-state index in [9.17, 15) is 13.2 Å². The van der Waals surface area contributed by atoms with Gasteiger partial charge in [0.05, 0.1) is 31.7 Å². The average molecular weight is 390 g/mol. The lowest BCUT2D eigenvalue weighted by Crippen LogP contribution is -2.46. The summed E-state index contributed by atoms with van der Waals surface area (Å²) in [6.45, 7) is 0.914. The standard InChI is InChI=1S/C19H22N2O5S/c1-25-16-9-7-15(8-10-16)18-14-21(11-12-26-18)19(22)13-20-27(23,24)17-5-3-2-4-6-17/h2-10,18,20H,11-14H2,1H3. The van der Waals surface area contributed by atoms with Crippen LogP contribution in [0.4, 0.5) is 0 Å². The van der Waals surface area contributed by atoms with Crippen molar-refractivity contribution in [1.82, 2.24) is 9.62 Å². The quantitative estimate of drug-likeness (QED) is 0.809. The molecule has 2 aromatic carbocycles. The van der Waals surface area contributed by atoms with E-state index in [1.807, 2.05) is 24.3 Å². The highest BCUT2D eigenvalue weighted by Gasteiger charge is 2.26. The van der Waals surface area contributed by atoms with E-state index in [1.54, 1.807) is 30.2 Å². The van der Waals surface area contributed by atoms with Crippen LogP contribution in [0.5, 0.6) is 5.75 Å². The fraction of sp³-hybridized carbons (Fsp3) is 0.316. The Hall–Kier alpha value is -2.42. The van der Waals surface area contributed by atoms with Crippen molar-refractivity contribution in [1.29, 1.82) is 0 Å². The minimum atomic E-state index is -3.71. The Kier molecular flexibility index (Phi) is 6.10. The molecule has 1 amide bonds. The highest BCUT2D eigenvalue weighted by atomic mass is 32.2. The van der Waals surface area contributed by atoms with Gasteiger partial charge in [0.1, 0.15) is 11.9 Å². The predicted molar refractivity (Wildman–Crippen MR) is 99.9 cm³/mol. The summed E-state index contributed by atoms with van der Waals surface area (Å²) in [5.41, 5.74) is 0.943. The third-order valence-electron chi connectivity index (χ3n) is 4.37. The largest absolute Gasteiger partial charge is 0.497 e. The van der Waals surface area contributed by atoms with Crippen LogP contribution in [-0.4, -0.2) is 52.6 Å². The summed E-state index contributed by atoms with van der Waals surface area (Å²) in [6, 6.07) is 15.5. The molecule has 0 saturated carbocycles. The van der Waals surface area contributed by atoms with Crippen molar-refractivity contribution >= 4 is 15.9 Å². The average Bonchev–Trinajstić information content (AvgIpc) is 2.73. The maximum absolute atomic E-state index is 12.5. The molecule has 1 N–H and O–H groups in total. The van der Waals surface area contributed by atoms with E-state index in [-0.39, 0.29) is 23.5 Å². The Bertz CT molecular complexity index is 869. The van der Waals surface area contributed by atoms with Gasteiger partial charge >= 0.3 is 0 Å². The first-order valence-corrected chi connectivity index (χ1v) is 10.1. The van der Waals surface area contributed by atoms with Gasteiger partial charge in [-0.15, -0.1) is 0 Å². The molecule has 27 heavy (non-hydrogen) atoms. The van der Waals surface area contributed by atoms with E-state index in [0.717, 1.165) is 11.3 Å². The first-order valence-electron chi connectivity index (χ1n) is 8.57. The number of methoxy groups -OCH3 is 1. The highest BCUT2D eigenvalue weighted by Crippen LogP contribution is 2.24. The fourth-order valence-corrected chi connectivity index (χ4v) is 3.84. The number of hydrogen-bond donors (Lipinski definition) is 1. The maximum Gasteiger partial charge on any atom is 0.241 e. The van der Waals surface area contributed by atoms with Crippen molar-refractivity contribution in [3.63, 3.8) is 0 Å². The summed E-state index contributed by atoms with van der Waals surface area (Å²) < 4.78 is 37.8. The molecule has 0 aliphatic carbocycles. The van der Waals surface area contributed by atoms with Crippen LogP contribution in [0.3, 0.4) is 0 Å². The second-order valence-electron chi connectivity index (χ2n) is 6.11. The van der Waals surface area contributed by atoms with Crippen LogP contribution in [0.2, 0.25) is 0 Å². The molecular weight excluding hydrogens is 368 g/mol. The second kappa shape index (κ2) is 8.51. The number of nitrogens with zero attached hydrogens (tertiary/aromatic N) is 1. The van der Waals surface area contributed by atoms with Crippen molar-refractivity contribution in [3.8, 4) is 5.75 Å². The molecule has 0 bridgehead atoms. The Labute approximate surface area is 158 Å². The SMILES string of the molecule is COc1ccc(C2CN(C(=O)CNS(=O)(=O)c3ccccc3)CCO2)cc1. The molecule has 1 saturated heterocycles. The van der Waals surface area contributed by atoms with Gasteiger partial charge in [-0.05, 0) is 29.8 Å². The molecule has 1 fully saturated rings. The number of carbonyl (C=O) groups is 1. The monoisotopic (exact) mass is 390 g/mol. The number of nitrogens with one attached hydrogen (secondary N) is 1. The van der Waals surface area contributed by atoms with E-state index in [0.29, 0.717) is 19.7 Å². The van der Waals surface area contributed by atoms with Gasteiger partial charge < -0.3 is 14.4 Å². The molecule has 0 spiro atoms. The van der Waals surface area contributed by atoms with E-state index >= 15 is 0 Å². The topological polar surface area (TPSA) is 84.9 Å². The maximum atomic E-state index is 12.5. The minimum Gasteiger partial charge on any atom is -0.497 e. The third kappa shape index (κ3) is 4.85. The highest BCUT2D eigenvalue weighted by molar-refractivity contribution is 7.89. The van der Waals surface area contributed by atoms with Gasteiger partial charge in [0.2, 0.25) is 15.9 Å². The van der Waals surface area contributed by atoms with Gasteiger partial charge in [-0.3, -0.25) is 4.79 Å². The molecule has 1 heterocycles. The van der Waals surface area contributed by atoms with Gasteiger partial charge in [0.15, 0.2) is 0 Å². The van der Waals surface area contributed by atoms with Crippen LogP contribution < -0.4 is 9.46 Å². The molecule has 8 heteroatoms. The molecule has 1 aliphatic rings. The summed E-state index contributed by atoms with van der Waals surface area (Å²) in [7, 11) is -2.11. The normalized spacial score (nSPS) is 17.5. The molecule has 3 rings (SSSR count). The van der Waals surface area contributed by atoms with E-state index in [1.165, 1.54) is 12.1 Å². The minimum absolute atomic E-state index is 0.135. The van der Waals surface area contributed by atoms with E-state index in [2.05, 4.69) is 4.72 Å². The second-order valence-corrected chi connectivity index (χ2v) is 7.88. The lowest BCUT2D eigenvalue weighted by Gasteiger charge is -2.33. The molecule has 0 radical (unpaired) electrons. The number of hydrogen-bond acceptors (Lipinski definition) is 5. The summed E-state index contributed by atoms with van der Waals surface area (Å²) in [4.78, 5) is 14.2. The van der Waals surface area contributed by atoms with Crippen molar-refractivity contribution in [2.45, 2.75) is 11.0 Å². The summed E-state index contributed by atoms with van der Waals surface area (Å²) in [6.07, 6.45) is -0.251. The van der Waals surface area contributed by atoms with Gasteiger partial charge in [-0.1, -0.05) is 30.3 Å². The number of morpholine rings is 1. The lowest BCUT2D eigenvalue weighted by atomic mass is 10.1. The molecule has 1 aliphatic heterocycles. The number of carbonyl (C=O) groups excluding carboxylic acids is 1. The van der Waals surface area contributed by atoms with Crippen LogP contribution in [0.1, 0.15) is 11.7 Å². The Morgan fingerprint density at radius 2 is 1.89 bits per heavy atom. The Morgan fingerprint density at radius 1 is 1.19 bits per heavy atom. The van der Waals surface area contributed by atoms with Crippen molar-refractivity contribution < 1.29 is 22.7 Å². The summed E-state index contributed by atoms with van der Waals surface area (Å²) >= 11 is 0. The zero-order valence-electron chi connectivity index (χ0n) is 15.0. The van der Waals surface area contributed by atoms with Crippen molar-refractivity contribution in [2.24, 2.45) is 0 Å². The Morgan fingerprint density at radius 3 is 2.56 bits per heavy atom. The number of amides is 1. The molecule has 7 nitrogen and oxygen atoms in total. The number of benzene rings is 2. The lowest BCUT2D eigenvalue weighted by molar-refractivity contribution is -0.137. The van der Waals surface area contributed by atoms with Gasteiger partial charge in [-0.2, -0.15) is 0 Å². The Balaban J connectivity index is 1.59. The van der Waals surface area contributed by atoms with Crippen LogP contribution >= 0.6 is 0 Å². The third-order valence-corrected chi connectivity index (χ3v) is 5.79. The van der Waals surface area contributed by atoms with Crippen LogP contribution in [0.25, 0.3) is 0 Å². The van der Waals surface area contributed by atoms with Gasteiger partial charge in [-0.25, -0.2) is 13.1 Å². The van der Waals surface area contributed by atoms with E-state index < -0.39 is 10.0 Å². The molecule has 1 unspecified atom stereocenters. The number of rotatable bonds is 6. The molecule has 144 valence electrons. The number of sulfonamides is 1. The zero-order chi connectivity index (χ0) is 19.3. The summed E-state index contributed by atoms with van der Waals surface area (Å²) in [5.74, 6) is 0.467. The molecule has 1 atom stereocenters. The van der Waals surface area contributed by atoms with Gasteiger partial charge in [0, 0.05) is 6.54 Å². The zero-order valence-corrected chi connectivity index (χ0v) is 15.8. The smallest absolute Gasteiger partial charge is 0.241 e. The van der Waals surface area contributed by atoms with E-state index in [4.69, 9.17) is 9.47 Å². The fourth-order valence-electron chi connectivity index (χ4n) is 2.85. The van der Waals surface area contributed by atoms with Crippen LogP contribution in [0.15, 0.2) is 59.5 Å². The molecule has 0 aromatic heterocycles. The first-order chi connectivity index (χ1) is 13.0. The predicted octanol–water partition coefficient (Wildman–Crippen LogP) is 1.57. The molecular formula is C19H22N2O5S. The van der Waals surface area contributed by atoms with Crippen molar-refractivity contribution in [3.05, 3.63) is 60.2 Å². The summed E-state index contributed by atoms with van der Waals surface area (Å²) in [5, 5.41) is 0. The van der Waals surface area contributed by atoms with Gasteiger partial charge in [0.25, 0.3) is 0 Å². The number of ether oxygens (including phenoxy) is 2.